The first kappa shape index (κ1) is 12.0. The summed E-state index contributed by atoms with van der Waals surface area (Å²) in [5.41, 5.74) is 0.196. The van der Waals surface area contributed by atoms with E-state index in [2.05, 4.69) is 4.99 Å². The third-order valence-electron chi connectivity index (χ3n) is 2.12. The van der Waals surface area contributed by atoms with Crippen LogP contribution in [0, 0.1) is 5.82 Å². The number of nitrogens with zero attached hydrogens (tertiary/aromatic N) is 2. The van der Waals surface area contributed by atoms with Crippen LogP contribution >= 0.6 is 22.9 Å². The fourth-order valence-corrected chi connectivity index (χ4v) is 2.22. The standard InChI is InChI=1S/C11H8ClFN2OS/c1-15-4-5-17-11(15)14-10(16)8-3-2-7(13)6-9(8)12/h2-6H,1H3. The Bertz CT molecular complexity index is 632. The van der Waals surface area contributed by atoms with Crippen LogP contribution in [-0.4, -0.2) is 10.5 Å². The first-order chi connectivity index (χ1) is 8.08. The number of hydrogen-bond donors (Lipinski definition) is 0. The van der Waals surface area contributed by atoms with E-state index in [1.165, 1.54) is 23.5 Å². The number of benzene rings is 1. The summed E-state index contributed by atoms with van der Waals surface area (Å²) >= 11 is 7.12. The van der Waals surface area contributed by atoms with Gasteiger partial charge in [-0.25, -0.2) is 4.39 Å². The van der Waals surface area contributed by atoms with Crippen LogP contribution in [0.1, 0.15) is 10.4 Å². The van der Waals surface area contributed by atoms with Gasteiger partial charge in [0.05, 0.1) is 10.6 Å². The molecule has 0 aliphatic heterocycles. The number of carbonyl (C=O) groups excluding carboxylic acids is 1. The van der Waals surface area contributed by atoms with Crippen molar-refractivity contribution >= 4 is 28.8 Å². The normalized spacial score (nSPS) is 11.8. The highest BCUT2D eigenvalue weighted by molar-refractivity contribution is 7.07. The summed E-state index contributed by atoms with van der Waals surface area (Å²) in [4.78, 5) is 16.3. The molecular weight excluding hydrogens is 263 g/mol. The van der Waals surface area contributed by atoms with E-state index in [1.807, 2.05) is 5.38 Å². The van der Waals surface area contributed by atoms with Crippen molar-refractivity contribution in [3.05, 3.63) is 51.0 Å². The second kappa shape index (κ2) is 4.81. The lowest BCUT2D eigenvalue weighted by molar-refractivity contribution is 0.0998. The number of aryl methyl sites for hydroxylation is 1. The largest absolute Gasteiger partial charge is 0.327 e. The number of rotatable bonds is 1. The molecule has 2 rings (SSSR count). The molecule has 0 aliphatic carbocycles. The van der Waals surface area contributed by atoms with Crippen molar-refractivity contribution < 1.29 is 9.18 Å². The van der Waals surface area contributed by atoms with E-state index >= 15 is 0 Å². The second-order valence-corrected chi connectivity index (χ2v) is 4.62. The summed E-state index contributed by atoms with van der Waals surface area (Å²) in [6.45, 7) is 0. The molecule has 3 nitrogen and oxygen atoms in total. The van der Waals surface area contributed by atoms with E-state index in [0.717, 1.165) is 6.07 Å². The lowest BCUT2D eigenvalue weighted by Gasteiger charge is -1.98. The van der Waals surface area contributed by atoms with Gasteiger partial charge in [0.1, 0.15) is 5.82 Å². The van der Waals surface area contributed by atoms with Crippen molar-refractivity contribution in [3.63, 3.8) is 0 Å². The quantitative estimate of drug-likeness (QED) is 0.784. The van der Waals surface area contributed by atoms with E-state index in [1.54, 1.807) is 17.8 Å². The fraction of sp³-hybridized carbons (Fsp3) is 0.0909. The Kier molecular flexibility index (Phi) is 3.40. The number of hydrogen-bond acceptors (Lipinski definition) is 2. The minimum atomic E-state index is -0.479. The lowest BCUT2D eigenvalue weighted by Crippen LogP contribution is -2.12. The van der Waals surface area contributed by atoms with Gasteiger partial charge < -0.3 is 4.57 Å². The highest BCUT2D eigenvalue weighted by Crippen LogP contribution is 2.17. The smallest absolute Gasteiger partial charge is 0.281 e. The first-order valence-corrected chi connectivity index (χ1v) is 5.98. The third kappa shape index (κ3) is 2.62. The summed E-state index contributed by atoms with van der Waals surface area (Å²) in [5, 5.41) is 1.89. The molecule has 17 heavy (non-hydrogen) atoms. The molecule has 1 amide bonds. The monoisotopic (exact) mass is 270 g/mol. The molecule has 2 aromatic rings. The molecule has 6 heteroatoms. The van der Waals surface area contributed by atoms with Crippen LogP contribution in [-0.2, 0) is 7.05 Å². The van der Waals surface area contributed by atoms with Crippen LogP contribution in [0.5, 0.6) is 0 Å². The molecule has 0 spiro atoms. The van der Waals surface area contributed by atoms with Gasteiger partial charge in [-0.2, -0.15) is 4.99 Å². The lowest BCUT2D eigenvalue weighted by atomic mass is 10.2. The van der Waals surface area contributed by atoms with E-state index in [-0.39, 0.29) is 10.6 Å². The number of carbonyl (C=O) groups is 1. The van der Waals surface area contributed by atoms with Crippen LogP contribution < -0.4 is 4.80 Å². The van der Waals surface area contributed by atoms with Gasteiger partial charge >= 0.3 is 0 Å². The molecule has 0 aliphatic rings. The molecule has 0 radical (unpaired) electrons. The van der Waals surface area contributed by atoms with E-state index in [4.69, 9.17) is 11.6 Å². The number of aromatic nitrogens is 1. The SMILES string of the molecule is Cn1ccsc1=NC(=O)c1ccc(F)cc1Cl. The predicted octanol–water partition coefficient (Wildman–Crippen LogP) is 2.62. The van der Waals surface area contributed by atoms with Crippen molar-refractivity contribution in [2.24, 2.45) is 12.0 Å². The Hall–Kier alpha value is -1.46. The fourth-order valence-electron chi connectivity index (χ4n) is 1.24. The summed E-state index contributed by atoms with van der Waals surface area (Å²) < 4.78 is 14.5. The summed E-state index contributed by atoms with van der Waals surface area (Å²) in [7, 11) is 1.79. The Morgan fingerprint density at radius 2 is 2.29 bits per heavy atom. The minimum absolute atomic E-state index is 0.0676. The summed E-state index contributed by atoms with van der Waals surface area (Å²) in [6.07, 6.45) is 1.79. The van der Waals surface area contributed by atoms with Crippen LogP contribution in [0.3, 0.4) is 0 Å². The van der Waals surface area contributed by atoms with E-state index in [0.29, 0.717) is 4.80 Å². The van der Waals surface area contributed by atoms with Gasteiger partial charge in [0, 0.05) is 18.6 Å². The predicted molar refractivity (Wildman–Crippen MR) is 64.6 cm³/mol. The van der Waals surface area contributed by atoms with Crippen molar-refractivity contribution in [1.82, 2.24) is 4.57 Å². The Labute approximate surface area is 106 Å². The van der Waals surface area contributed by atoms with Crippen LogP contribution in [0.4, 0.5) is 4.39 Å². The average molecular weight is 271 g/mol. The molecule has 1 aromatic carbocycles. The molecule has 0 saturated carbocycles. The zero-order valence-electron chi connectivity index (χ0n) is 8.85. The zero-order valence-corrected chi connectivity index (χ0v) is 10.4. The Morgan fingerprint density at radius 3 is 2.88 bits per heavy atom. The molecule has 1 aromatic heterocycles. The second-order valence-electron chi connectivity index (χ2n) is 3.34. The minimum Gasteiger partial charge on any atom is -0.327 e. The maximum atomic E-state index is 12.8. The molecule has 0 N–H and O–H groups in total. The van der Waals surface area contributed by atoms with Crippen LogP contribution in [0.2, 0.25) is 5.02 Å². The summed E-state index contributed by atoms with van der Waals surface area (Å²) in [5.74, 6) is -0.957. The Balaban J connectivity index is 2.43. The third-order valence-corrected chi connectivity index (χ3v) is 3.28. The van der Waals surface area contributed by atoms with Crippen molar-refractivity contribution in [2.45, 2.75) is 0 Å². The van der Waals surface area contributed by atoms with Gasteiger partial charge in [0.2, 0.25) is 0 Å². The summed E-state index contributed by atoms with van der Waals surface area (Å²) in [6, 6.07) is 3.61. The van der Waals surface area contributed by atoms with E-state index < -0.39 is 11.7 Å². The van der Waals surface area contributed by atoms with Crippen molar-refractivity contribution in [2.75, 3.05) is 0 Å². The molecule has 1 heterocycles. The maximum absolute atomic E-state index is 12.8. The molecule has 0 bridgehead atoms. The van der Waals surface area contributed by atoms with E-state index in [9.17, 15) is 9.18 Å². The van der Waals surface area contributed by atoms with Crippen molar-refractivity contribution in [3.8, 4) is 0 Å². The first-order valence-electron chi connectivity index (χ1n) is 4.72. The zero-order chi connectivity index (χ0) is 12.4. The topological polar surface area (TPSA) is 34.4 Å². The maximum Gasteiger partial charge on any atom is 0.281 e. The van der Waals surface area contributed by atoms with Crippen LogP contribution in [0.25, 0.3) is 0 Å². The highest BCUT2D eigenvalue weighted by Gasteiger charge is 2.10. The van der Waals surface area contributed by atoms with Crippen molar-refractivity contribution in [1.29, 1.82) is 0 Å². The molecule has 88 valence electrons. The van der Waals surface area contributed by atoms with Crippen LogP contribution in [0.15, 0.2) is 34.8 Å². The van der Waals surface area contributed by atoms with Gasteiger partial charge in [-0.1, -0.05) is 11.6 Å². The molecule has 0 fully saturated rings. The van der Waals surface area contributed by atoms with Gasteiger partial charge in [-0.05, 0) is 18.2 Å². The molecule has 0 saturated heterocycles. The van der Waals surface area contributed by atoms with Gasteiger partial charge in [-0.15, -0.1) is 11.3 Å². The highest BCUT2D eigenvalue weighted by atomic mass is 35.5. The number of thiazole rings is 1. The van der Waals surface area contributed by atoms with Gasteiger partial charge in [0.25, 0.3) is 5.91 Å². The number of halogens is 2. The average Bonchev–Trinajstić information content (AvgIpc) is 2.64. The Morgan fingerprint density at radius 1 is 1.53 bits per heavy atom. The molecule has 0 unspecified atom stereocenters. The van der Waals surface area contributed by atoms with Gasteiger partial charge in [0.15, 0.2) is 4.80 Å². The van der Waals surface area contributed by atoms with Gasteiger partial charge in [-0.3, -0.25) is 4.79 Å². The molecule has 0 atom stereocenters. The number of amides is 1. The molecular formula is C11H8ClFN2OS.